The molecule has 0 unspecified atom stereocenters. The Morgan fingerprint density at radius 1 is 1.00 bits per heavy atom. The SMILES string of the molecule is Cc1ccccc1N1C[C@@H](C(=O)N2c3ccccc3C[C@H]2C)CC1=O. The van der Waals surface area contributed by atoms with E-state index in [0.29, 0.717) is 13.0 Å². The number of fused-ring (bicyclic) bond motifs is 1. The van der Waals surface area contributed by atoms with Crippen LogP contribution in [0.25, 0.3) is 0 Å². The van der Waals surface area contributed by atoms with Gasteiger partial charge < -0.3 is 9.80 Å². The minimum Gasteiger partial charge on any atom is -0.311 e. The molecule has 1 saturated heterocycles. The molecule has 4 rings (SSSR count). The van der Waals surface area contributed by atoms with Gasteiger partial charge >= 0.3 is 0 Å². The van der Waals surface area contributed by atoms with E-state index < -0.39 is 0 Å². The largest absolute Gasteiger partial charge is 0.311 e. The minimum atomic E-state index is -0.277. The van der Waals surface area contributed by atoms with Crippen molar-refractivity contribution in [3.8, 4) is 0 Å². The second-order valence-electron chi connectivity index (χ2n) is 7.08. The lowest BCUT2D eigenvalue weighted by Crippen LogP contribution is -2.41. The second kappa shape index (κ2) is 6.03. The molecule has 25 heavy (non-hydrogen) atoms. The first-order valence-electron chi connectivity index (χ1n) is 8.83. The quantitative estimate of drug-likeness (QED) is 0.845. The molecule has 0 bridgehead atoms. The van der Waals surface area contributed by atoms with Gasteiger partial charge in [-0.25, -0.2) is 0 Å². The normalized spacial score (nSPS) is 22.4. The Morgan fingerprint density at radius 3 is 2.44 bits per heavy atom. The molecule has 2 atom stereocenters. The van der Waals surface area contributed by atoms with E-state index >= 15 is 0 Å². The molecule has 2 aliphatic rings. The summed E-state index contributed by atoms with van der Waals surface area (Å²) in [4.78, 5) is 29.4. The van der Waals surface area contributed by atoms with Gasteiger partial charge in [-0.05, 0) is 43.5 Å². The first kappa shape index (κ1) is 15.9. The number of hydrogen-bond acceptors (Lipinski definition) is 2. The van der Waals surface area contributed by atoms with Crippen molar-refractivity contribution in [2.24, 2.45) is 5.92 Å². The molecule has 2 amide bonds. The molecule has 128 valence electrons. The number of nitrogens with zero attached hydrogens (tertiary/aromatic N) is 2. The maximum Gasteiger partial charge on any atom is 0.232 e. The molecule has 4 heteroatoms. The number of anilines is 2. The lowest BCUT2D eigenvalue weighted by molar-refractivity contribution is -0.124. The fraction of sp³-hybridized carbons (Fsp3) is 0.333. The maximum absolute atomic E-state index is 13.2. The van der Waals surface area contributed by atoms with Gasteiger partial charge in [-0.15, -0.1) is 0 Å². The van der Waals surface area contributed by atoms with Crippen LogP contribution >= 0.6 is 0 Å². The Morgan fingerprint density at radius 2 is 1.68 bits per heavy atom. The summed E-state index contributed by atoms with van der Waals surface area (Å²) in [5.74, 6) is -0.171. The van der Waals surface area contributed by atoms with Crippen LogP contribution in [0, 0.1) is 12.8 Å². The van der Waals surface area contributed by atoms with Crippen LogP contribution in [0.15, 0.2) is 48.5 Å². The van der Waals surface area contributed by atoms with Crippen molar-refractivity contribution in [3.05, 3.63) is 59.7 Å². The highest BCUT2D eigenvalue weighted by Crippen LogP contribution is 2.35. The van der Waals surface area contributed by atoms with Crippen molar-refractivity contribution < 1.29 is 9.59 Å². The van der Waals surface area contributed by atoms with E-state index in [-0.39, 0.29) is 23.8 Å². The summed E-state index contributed by atoms with van der Waals surface area (Å²) in [5.41, 5.74) is 4.19. The molecule has 2 aliphatic heterocycles. The van der Waals surface area contributed by atoms with Crippen LogP contribution in [0.4, 0.5) is 11.4 Å². The first-order chi connectivity index (χ1) is 12.1. The summed E-state index contributed by atoms with van der Waals surface area (Å²) >= 11 is 0. The number of rotatable bonds is 2. The fourth-order valence-corrected chi connectivity index (χ4v) is 4.07. The number of aryl methyl sites for hydroxylation is 1. The van der Waals surface area contributed by atoms with Crippen molar-refractivity contribution in [2.75, 3.05) is 16.3 Å². The second-order valence-corrected chi connectivity index (χ2v) is 7.08. The summed E-state index contributed by atoms with van der Waals surface area (Å²) in [6, 6.07) is 16.1. The molecule has 1 fully saturated rings. The zero-order valence-corrected chi connectivity index (χ0v) is 14.6. The minimum absolute atomic E-state index is 0.0350. The molecule has 4 nitrogen and oxygen atoms in total. The van der Waals surface area contributed by atoms with E-state index in [1.807, 2.05) is 54.3 Å². The highest BCUT2D eigenvalue weighted by atomic mass is 16.2. The van der Waals surface area contributed by atoms with Crippen molar-refractivity contribution in [1.29, 1.82) is 0 Å². The summed E-state index contributed by atoms with van der Waals surface area (Å²) in [6.45, 7) is 4.54. The molecular weight excluding hydrogens is 312 g/mol. The monoisotopic (exact) mass is 334 g/mol. The van der Waals surface area contributed by atoms with Gasteiger partial charge in [-0.1, -0.05) is 36.4 Å². The van der Waals surface area contributed by atoms with Crippen molar-refractivity contribution in [3.63, 3.8) is 0 Å². The zero-order valence-electron chi connectivity index (χ0n) is 14.6. The van der Waals surface area contributed by atoms with Crippen LogP contribution in [0.1, 0.15) is 24.5 Å². The number of carbonyl (C=O) groups is 2. The zero-order chi connectivity index (χ0) is 17.6. The summed E-state index contributed by atoms with van der Waals surface area (Å²) in [5, 5.41) is 0. The molecule has 0 spiro atoms. The Labute approximate surface area is 148 Å². The number of hydrogen-bond donors (Lipinski definition) is 0. The van der Waals surface area contributed by atoms with Gasteiger partial charge in [0.2, 0.25) is 11.8 Å². The first-order valence-corrected chi connectivity index (χ1v) is 8.83. The van der Waals surface area contributed by atoms with Crippen molar-refractivity contribution in [2.45, 2.75) is 32.7 Å². The van der Waals surface area contributed by atoms with Crippen LogP contribution in [-0.2, 0) is 16.0 Å². The fourth-order valence-electron chi connectivity index (χ4n) is 4.07. The molecule has 2 heterocycles. The van der Waals surface area contributed by atoms with Gasteiger partial charge in [0.15, 0.2) is 0 Å². The van der Waals surface area contributed by atoms with Crippen molar-refractivity contribution in [1.82, 2.24) is 0 Å². The molecule has 0 N–H and O–H groups in total. The van der Waals surface area contributed by atoms with E-state index in [4.69, 9.17) is 0 Å². The third-order valence-electron chi connectivity index (χ3n) is 5.33. The van der Waals surface area contributed by atoms with Gasteiger partial charge in [0.1, 0.15) is 0 Å². The average molecular weight is 334 g/mol. The van der Waals surface area contributed by atoms with Crippen LogP contribution in [0.2, 0.25) is 0 Å². The summed E-state index contributed by atoms with van der Waals surface area (Å²) < 4.78 is 0. The predicted octanol–water partition coefficient (Wildman–Crippen LogP) is 3.33. The third kappa shape index (κ3) is 2.62. The van der Waals surface area contributed by atoms with Crippen LogP contribution in [0.3, 0.4) is 0 Å². The summed E-state index contributed by atoms with van der Waals surface area (Å²) in [6.07, 6.45) is 1.17. The van der Waals surface area contributed by atoms with E-state index in [2.05, 4.69) is 13.0 Å². The number of para-hydroxylation sites is 2. The number of benzene rings is 2. The molecule has 0 saturated carbocycles. The van der Waals surface area contributed by atoms with Crippen LogP contribution < -0.4 is 9.80 Å². The highest BCUT2D eigenvalue weighted by Gasteiger charge is 2.41. The lowest BCUT2D eigenvalue weighted by atomic mass is 10.1. The molecule has 0 aliphatic carbocycles. The van der Waals surface area contributed by atoms with Gasteiger partial charge in [0.25, 0.3) is 0 Å². The van der Waals surface area contributed by atoms with E-state index in [1.54, 1.807) is 4.90 Å². The molecule has 0 aromatic heterocycles. The summed E-state index contributed by atoms with van der Waals surface area (Å²) in [7, 11) is 0. The van der Waals surface area contributed by atoms with E-state index in [1.165, 1.54) is 5.56 Å². The van der Waals surface area contributed by atoms with Crippen LogP contribution in [-0.4, -0.2) is 24.4 Å². The Bertz CT molecular complexity index is 845. The van der Waals surface area contributed by atoms with E-state index in [9.17, 15) is 9.59 Å². The lowest BCUT2D eigenvalue weighted by Gasteiger charge is -2.26. The number of carbonyl (C=O) groups excluding carboxylic acids is 2. The highest BCUT2D eigenvalue weighted by molar-refractivity contribution is 6.05. The number of amides is 2. The topological polar surface area (TPSA) is 40.6 Å². The molecule has 2 aromatic rings. The molecular formula is C21H22N2O2. The predicted molar refractivity (Wildman–Crippen MR) is 98.7 cm³/mol. The van der Waals surface area contributed by atoms with Gasteiger partial charge in [-0.2, -0.15) is 0 Å². The Balaban J connectivity index is 1.59. The average Bonchev–Trinajstić information content (AvgIpc) is 3.14. The smallest absolute Gasteiger partial charge is 0.232 e. The molecule has 2 aromatic carbocycles. The van der Waals surface area contributed by atoms with Gasteiger partial charge in [0, 0.05) is 30.4 Å². The van der Waals surface area contributed by atoms with Gasteiger partial charge in [-0.3, -0.25) is 9.59 Å². The maximum atomic E-state index is 13.2. The Kier molecular flexibility index (Phi) is 3.83. The Hall–Kier alpha value is -2.62. The molecule has 0 radical (unpaired) electrons. The van der Waals surface area contributed by atoms with Crippen LogP contribution in [0.5, 0.6) is 0 Å². The van der Waals surface area contributed by atoms with E-state index in [0.717, 1.165) is 23.4 Å². The van der Waals surface area contributed by atoms with Crippen molar-refractivity contribution >= 4 is 23.2 Å². The standard InChI is InChI=1S/C21H22N2O2/c1-14-7-3-5-9-18(14)22-13-17(12-20(22)24)21(25)23-15(2)11-16-8-4-6-10-19(16)23/h3-10,15,17H,11-13H2,1-2H3/t15-,17+/m1/s1. The van der Waals surface area contributed by atoms with Gasteiger partial charge in [0.05, 0.1) is 5.92 Å². The third-order valence-corrected chi connectivity index (χ3v) is 5.33.